The summed E-state index contributed by atoms with van der Waals surface area (Å²) in [6.07, 6.45) is 7.86. The molecule has 4 fully saturated rings. The van der Waals surface area contributed by atoms with Gasteiger partial charge >= 0.3 is 11.9 Å². The second-order valence-corrected chi connectivity index (χ2v) is 15.7. The van der Waals surface area contributed by atoms with E-state index in [1.54, 1.807) is 0 Å². The van der Waals surface area contributed by atoms with Gasteiger partial charge < -0.3 is 37.4 Å². The second kappa shape index (κ2) is 16.7. The van der Waals surface area contributed by atoms with E-state index in [-0.39, 0.29) is 37.0 Å². The molecule has 4 aliphatic rings. The molecule has 4 aliphatic heterocycles. The molecule has 0 spiro atoms. The van der Waals surface area contributed by atoms with E-state index in [9.17, 15) is 9.59 Å². The molecule has 4 saturated heterocycles. The van der Waals surface area contributed by atoms with Crippen molar-refractivity contribution in [2.75, 3.05) is 40.5 Å². The van der Waals surface area contributed by atoms with Crippen LogP contribution in [0.4, 0.5) is 0 Å². The third-order valence-electron chi connectivity index (χ3n) is 12.5. The standard InChI is InChI=1S/C42H62N2O8/c1-7-47-37-17-11-29(21-39(37)49-9-3)27-43(5)31-13-14-32(43)24-35(23-31)51-41(45)19-20-42(46)52-36-25-33-15-16-34(26-36)44(33,6)28-30-12-18-38(48-8-2)40(22-30)50-10-4/h11-12,17-18,21-22,31-36H,7-10,13-16,19-20,23-28H2,1-6H3/q+2/t31-,32+,33-,34+,35?,36?,43?,44?. The largest absolute Gasteiger partial charge is 0.490 e. The smallest absolute Gasteiger partial charge is 0.306 e. The summed E-state index contributed by atoms with van der Waals surface area (Å²) in [4.78, 5) is 26.0. The Morgan fingerprint density at radius 2 is 0.865 bits per heavy atom. The molecule has 0 N–H and O–H groups in total. The number of esters is 2. The molecular weight excluding hydrogens is 660 g/mol. The molecule has 6 rings (SSSR count). The Hall–Kier alpha value is -3.50. The van der Waals surface area contributed by atoms with Crippen LogP contribution in [0.1, 0.15) is 103 Å². The first-order valence-electron chi connectivity index (χ1n) is 19.9. The van der Waals surface area contributed by atoms with Gasteiger partial charge in [-0.25, -0.2) is 0 Å². The predicted octanol–water partition coefficient (Wildman–Crippen LogP) is 7.13. The zero-order valence-corrected chi connectivity index (χ0v) is 32.4. The summed E-state index contributed by atoms with van der Waals surface area (Å²) in [5.74, 6) is 2.59. The molecule has 0 saturated carbocycles. The van der Waals surface area contributed by atoms with E-state index in [4.69, 9.17) is 28.4 Å². The molecule has 0 aliphatic carbocycles. The molecule has 10 nitrogen and oxygen atoms in total. The van der Waals surface area contributed by atoms with E-state index >= 15 is 0 Å². The predicted molar refractivity (Wildman–Crippen MR) is 198 cm³/mol. The fourth-order valence-corrected chi connectivity index (χ4v) is 9.96. The fraction of sp³-hybridized carbons (Fsp3) is 0.667. The lowest BCUT2D eigenvalue weighted by atomic mass is 9.95. The first kappa shape index (κ1) is 38.2. The molecule has 0 amide bonds. The van der Waals surface area contributed by atoms with Crippen LogP contribution >= 0.6 is 0 Å². The molecule has 52 heavy (non-hydrogen) atoms. The van der Waals surface area contributed by atoms with Gasteiger partial charge in [-0.3, -0.25) is 9.59 Å². The van der Waals surface area contributed by atoms with Gasteiger partial charge in [0.05, 0.1) is 77.5 Å². The fourth-order valence-electron chi connectivity index (χ4n) is 9.96. The van der Waals surface area contributed by atoms with Crippen LogP contribution in [0.25, 0.3) is 0 Å². The maximum atomic E-state index is 13.0. The van der Waals surface area contributed by atoms with Crippen LogP contribution in [0.15, 0.2) is 36.4 Å². The molecule has 8 atom stereocenters. The lowest BCUT2D eigenvalue weighted by molar-refractivity contribution is -0.961. The number of rotatable bonds is 17. The van der Waals surface area contributed by atoms with E-state index in [0.717, 1.165) is 96.4 Å². The van der Waals surface area contributed by atoms with Crippen LogP contribution in [-0.4, -0.2) is 97.8 Å². The number of ether oxygens (including phenoxy) is 6. The SMILES string of the molecule is CCOc1ccc(C[N+]2(C)[C@@H]3CC[C@H]2CC(OC(=O)CCC(=O)OC2C[C@H]4CC[C@@H](C2)[N+]4(C)Cc2ccc(OCC)c(OCC)c2)C3)cc1OCC. The number of carbonyl (C=O) groups is 2. The van der Waals surface area contributed by atoms with Crippen LogP contribution in [0.2, 0.25) is 0 Å². The van der Waals surface area contributed by atoms with Gasteiger partial charge in [0, 0.05) is 62.5 Å². The van der Waals surface area contributed by atoms with Crippen molar-refractivity contribution in [1.82, 2.24) is 0 Å². The summed E-state index contributed by atoms with van der Waals surface area (Å²) >= 11 is 0. The summed E-state index contributed by atoms with van der Waals surface area (Å²) in [6, 6.07) is 14.3. The molecule has 4 unspecified atom stereocenters. The highest BCUT2D eigenvalue weighted by molar-refractivity contribution is 5.77. The van der Waals surface area contributed by atoms with E-state index in [2.05, 4.69) is 38.4 Å². The first-order valence-corrected chi connectivity index (χ1v) is 19.9. The van der Waals surface area contributed by atoms with Gasteiger partial charge in [-0.15, -0.1) is 0 Å². The van der Waals surface area contributed by atoms with Crippen molar-refractivity contribution >= 4 is 11.9 Å². The Kier molecular flexibility index (Phi) is 12.3. The average molecular weight is 723 g/mol. The maximum Gasteiger partial charge on any atom is 0.306 e. The molecular formula is C42H62N2O8+2. The summed E-state index contributed by atoms with van der Waals surface area (Å²) in [7, 11) is 4.70. The first-order chi connectivity index (χ1) is 25.1. The van der Waals surface area contributed by atoms with Gasteiger partial charge in [0.2, 0.25) is 0 Å². The minimum atomic E-state index is -0.292. The Morgan fingerprint density at radius 3 is 1.19 bits per heavy atom. The van der Waals surface area contributed by atoms with E-state index in [1.807, 2.05) is 39.8 Å². The Morgan fingerprint density at radius 1 is 0.538 bits per heavy atom. The van der Waals surface area contributed by atoms with Gasteiger partial charge in [-0.05, 0) is 64.1 Å². The highest BCUT2D eigenvalue weighted by Crippen LogP contribution is 2.46. The second-order valence-electron chi connectivity index (χ2n) is 15.7. The zero-order chi connectivity index (χ0) is 36.9. The quantitative estimate of drug-likeness (QED) is 0.126. The van der Waals surface area contributed by atoms with Crippen LogP contribution < -0.4 is 18.9 Å². The van der Waals surface area contributed by atoms with Crippen molar-refractivity contribution in [3.05, 3.63) is 47.5 Å². The van der Waals surface area contributed by atoms with Crippen molar-refractivity contribution in [2.24, 2.45) is 0 Å². The Labute approximate surface area is 310 Å². The molecule has 4 heterocycles. The lowest BCUT2D eigenvalue weighted by Crippen LogP contribution is -2.58. The van der Waals surface area contributed by atoms with Crippen molar-refractivity contribution in [3.63, 3.8) is 0 Å². The maximum absolute atomic E-state index is 13.0. The summed E-state index contributed by atoms with van der Waals surface area (Å²) in [6.45, 7) is 12.1. The minimum Gasteiger partial charge on any atom is -0.490 e. The third-order valence-corrected chi connectivity index (χ3v) is 12.5. The normalized spacial score (nSPS) is 30.4. The monoisotopic (exact) mass is 722 g/mol. The van der Waals surface area contributed by atoms with Crippen LogP contribution in [0, 0.1) is 0 Å². The van der Waals surface area contributed by atoms with Crippen LogP contribution in [0.3, 0.4) is 0 Å². The number of piperidine rings is 2. The number of quaternary nitrogens is 2. The molecule has 0 aromatic heterocycles. The number of hydrogen-bond acceptors (Lipinski definition) is 8. The number of carbonyl (C=O) groups excluding carboxylic acids is 2. The highest BCUT2D eigenvalue weighted by atomic mass is 16.6. The Balaban J connectivity index is 0.957. The Bertz CT molecular complexity index is 1400. The van der Waals surface area contributed by atoms with Crippen molar-refractivity contribution in [1.29, 1.82) is 0 Å². The highest BCUT2D eigenvalue weighted by Gasteiger charge is 2.53. The molecule has 286 valence electrons. The topological polar surface area (TPSA) is 89.5 Å². The number of fused-ring (bicyclic) bond motifs is 4. The zero-order valence-electron chi connectivity index (χ0n) is 32.4. The van der Waals surface area contributed by atoms with Crippen LogP contribution in [0.5, 0.6) is 23.0 Å². The van der Waals surface area contributed by atoms with Crippen molar-refractivity contribution < 1.29 is 47.0 Å². The van der Waals surface area contributed by atoms with Crippen LogP contribution in [-0.2, 0) is 32.2 Å². The average Bonchev–Trinajstić information content (AvgIpc) is 3.34. The molecule has 4 bridgehead atoms. The molecule has 10 heteroatoms. The molecule has 2 aromatic rings. The van der Waals surface area contributed by atoms with Gasteiger partial charge in [0.25, 0.3) is 0 Å². The van der Waals surface area contributed by atoms with E-state index in [0.29, 0.717) is 50.6 Å². The summed E-state index contributed by atoms with van der Waals surface area (Å²) < 4.78 is 37.3. The van der Waals surface area contributed by atoms with Crippen molar-refractivity contribution in [3.8, 4) is 23.0 Å². The summed E-state index contributed by atoms with van der Waals surface area (Å²) in [5.41, 5.74) is 2.47. The van der Waals surface area contributed by atoms with E-state index < -0.39 is 0 Å². The number of hydrogen-bond donors (Lipinski definition) is 0. The summed E-state index contributed by atoms with van der Waals surface area (Å²) in [5, 5.41) is 0. The van der Waals surface area contributed by atoms with Gasteiger partial charge in [0.15, 0.2) is 23.0 Å². The van der Waals surface area contributed by atoms with E-state index in [1.165, 1.54) is 11.1 Å². The van der Waals surface area contributed by atoms with Gasteiger partial charge in [-0.1, -0.05) is 0 Å². The number of nitrogens with zero attached hydrogens (tertiary/aromatic N) is 2. The van der Waals surface area contributed by atoms with Gasteiger partial charge in [0.1, 0.15) is 25.3 Å². The van der Waals surface area contributed by atoms with Crippen molar-refractivity contribution in [2.45, 2.75) is 141 Å². The third kappa shape index (κ3) is 8.33. The number of benzene rings is 2. The molecule has 2 aromatic carbocycles. The lowest BCUT2D eigenvalue weighted by Gasteiger charge is -2.47. The van der Waals surface area contributed by atoms with Gasteiger partial charge in [-0.2, -0.15) is 0 Å². The molecule has 0 radical (unpaired) electrons. The minimum absolute atomic E-state index is 0.0659.